The number of carbonyl (C=O) groups excluding carboxylic acids is 2. The third-order valence-electron chi connectivity index (χ3n) is 7.80. The summed E-state index contributed by atoms with van der Waals surface area (Å²) in [6.07, 6.45) is 28.5. The number of hydrogen-bond acceptors (Lipinski definition) is 6. The molecule has 0 saturated heterocycles. The lowest BCUT2D eigenvalue weighted by molar-refractivity contribution is 0.0446. The van der Waals surface area contributed by atoms with E-state index in [2.05, 4.69) is 13.2 Å². The van der Waals surface area contributed by atoms with Crippen molar-refractivity contribution in [1.29, 1.82) is 0 Å². The van der Waals surface area contributed by atoms with Crippen LogP contribution in [0.5, 0.6) is 0 Å². The first-order valence-corrected chi connectivity index (χ1v) is 18.4. The smallest absolute Gasteiger partial charge is 0.340 e. The summed E-state index contributed by atoms with van der Waals surface area (Å²) < 4.78 is 44.4. The summed E-state index contributed by atoms with van der Waals surface area (Å²) in [6.45, 7) is 7.77. The van der Waals surface area contributed by atoms with Crippen LogP contribution in [0.3, 0.4) is 0 Å². The number of unbranched alkanes of at least 4 members (excludes halogenated alkanes) is 20. The Labute approximate surface area is 267 Å². The summed E-state index contributed by atoms with van der Waals surface area (Å²) in [6, 6.07) is 3.71. The third-order valence-corrected chi connectivity index (χ3v) is 8.70. The van der Waals surface area contributed by atoms with E-state index in [1.54, 1.807) is 0 Å². The largest absolute Gasteiger partial charge is 0.462 e. The summed E-state index contributed by atoms with van der Waals surface area (Å²) in [7, 11) is -4.76. The molecule has 0 aliphatic carbocycles. The van der Waals surface area contributed by atoms with E-state index >= 15 is 0 Å². The molecule has 1 N–H and O–H groups in total. The van der Waals surface area contributed by atoms with Crippen molar-refractivity contribution >= 4 is 22.1 Å². The van der Waals surface area contributed by atoms with Gasteiger partial charge < -0.3 is 9.47 Å². The van der Waals surface area contributed by atoms with E-state index in [0.29, 0.717) is 12.8 Å². The first kappa shape index (κ1) is 39.6. The van der Waals surface area contributed by atoms with Crippen LogP contribution in [0.4, 0.5) is 0 Å². The molecule has 44 heavy (non-hydrogen) atoms. The van der Waals surface area contributed by atoms with Crippen molar-refractivity contribution in [3.8, 4) is 0 Å². The molecule has 0 radical (unpaired) electrons. The quantitative estimate of drug-likeness (QED) is 0.0404. The highest BCUT2D eigenvalue weighted by Gasteiger charge is 2.28. The molecule has 0 aromatic heterocycles. The Hall–Kier alpha value is -2.45. The van der Waals surface area contributed by atoms with E-state index < -0.39 is 32.5 Å². The third kappa shape index (κ3) is 19.0. The van der Waals surface area contributed by atoms with Crippen molar-refractivity contribution in [3.05, 3.63) is 54.6 Å². The number of carbonyl (C=O) groups is 2. The average molecular weight is 635 g/mol. The van der Waals surface area contributed by atoms with Crippen LogP contribution in [0.1, 0.15) is 162 Å². The lowest BCUT2D eigenvalue weighted by atomic mass is 10.1. The molecule has 0 atom stereocenters. The minimum absolute atomic E-state index is 0.103. The molecular formula is C36H58O7S. The summed E-state index contributed by atoms with van der Waals surface area (Å²) in [5.74, 6) is -1.76. The van der Waals surface area contributed by atoms with Crippen LogP contribution < -0.4 is 0 Å². The van der Waals surface area contributed by atoms with Crippen molar-refractivity contribution in [2.75, 3.05) is 13.2 Å². The lowest BCUT2D eigenvalue weighted by Gasteiger charge is -2.13. The first-order valence-electron chi connectivity index (χ1n) is 17.0. The Morgan fingerprint density at radius 2 is 0.955 bits per heavy atom. The standard InChI is InChI=1S/C36H58O7S/c1-3-5-7-9-11-13-15-17-19-21-23-25-30-42-35(37)32-28-27-29-33(44(39,40)41)34(32)36(38)43-31-26-24-22-20-18-16-14-12-10-8-6-4-2/h3-4,27-29H,1-2,5-26,30-31H2,(H,39,40,41). The number of benzene rings is 1. The average Bonchev–Trinajstić information content (AvgIpc) is 3.00. The molecule has 0 saturated carbocycles. The molecule has 0 amide bonds. The zero-order chi connectivity index (χ0) is 32.3. The van der Waals surface area contributed by atoms with E-state index in [0.717, 1.165) is 57.4 Å². The molecule has 0 fully saturated rings. The van der Waals surface area contributed by atoms with E-state index in [4.69, 9.17) is 9.47 Å². The lowest BCUT2D eigenvalue weighted by Crippen LogP contribution is -2.19. The van der Waals surface area contributed by atoms with Gasteiger partial charge in [0.15, 0.2) is 0 Å². The normalized spacial score (nSPS) is 11.3. The molecule has 0 spiro atoms. The Morgan fingerprint density at radius 1 is 0.591 bits per heavy atom. The van der Waals surface area contributed by atoms with Crippen LogP contribution >= 0.6 is 0 Å². The van der Waals surface area contributed by atoms with Crippen molar-refractivity contribution in [2.24, 2.45) is 0 Å². The van der Waals surface area contributed by atoms with E-state index in [-0.39, 0.29) is 18.8 Å². The molecule has 0 aliphatic heterocycles. The highest BCUT2D eigenvalue weighted by Crippen LogP contribution is 2.23. The van der Waals surface area contributed by atoms with Crippen LogP contribution in [0.25, 0.3) is 0 Å². The number of hydrogen-bond donors (Lipinski definition) is 1. The van der Waals surface area contributed by atoms with Gasteiger partial charge in [-0.05, 0) is 50.7 Å². The molecule has 8 heteroatoms. The molecule has 1 rings (SSSR count). The summed E-state index contributed by atoms with van der Waals surface area (Å²) in [5, 5.41) is 0. The van der Waals surface area contributed by atoms with Crippen LogP contribution in [-0.2, 0) is 19.6 Å². The van der Waals surface area contributed by atoms with Gasteiger partial charge in [-0.2, -0.15) is 8.42 Å². The molecule has 250 valence electrons. The van der Waals surface area contributed by atoms with Gasteiger partial charge in [-0.3, -0.25) is 4.55 Å². The van der Waals surface area contributed by atoms with Crippen LogP contribution in [0.15, 0.2) is 48.4 Å². The fourth-order valence-electron chi connectivity index (χ4n) is 5.22. The van der Waals surface area contributed by atoms with E-state index in [1.165, 1.54) is 89.2 Å². The Kier molecular flexibility index (Phi) is 23.2. The minimum atomic E-state index is -4.76. The maximum Gasteiger partial charge on any atom is 0.340 e. The predicted molar refractivity (Wildman–Crippen MR) is 179 cm³/mol. The van der Waals surface area contributed by atoms with Gasteiger partial charge in [0.05, 0.1) is 24.3 Å². The molecule has 0 bridgehead atoms. The first-order chi connectivity index (χ1) is 21.3. The van der Waals surface area contributed by atoms with Crippen LogP contribution in [-0.4, -0.2) is 38.1 Å². The second kappa shape index (κ2) is 25.8. The predicted octanol–water partition coefficient (Wildman–Crippen LogP) is 10.2. The Bertz CT molecular complexity index is 1050. The highest BCUT2D eigenvalue weighted by atomic mass is 32.2. The second-order valence-corrected chi connectivity index (χ2v) is 13.0. The van der Waals surface area contributed by atoms with E-state index in [1.807, 2.05) is 12.2 Å². The molecule has 0 aliphatic rings. The van der Waals surface area contributed by atoms with Gasteiger partial charge in [-0.1, -0.05) is 121 Å². The van der Waals surface area contributed by atoms with Crippen LogP contribution in [0.2, 0.25) is 0 Å². The summed E-state index contributed by atoms with van der Waals surface area (Å²) >= 11 is 0. The number of ether oxygens (including phenoxy) is 2. The molecule has 7 nitrogen and oxygen atoms in total. The zero-order valence-electron chi connectivity index (χ0n) is 27.1. The monoisotopic (exact) mass is 634 g/mol. The topological polar surface area (TPSA) is 107 Å². The van der Waals surface area contributed by atoms with Gasteiger partial charge in [-0.15, -0.1) is 13.2 Å². The van der Waals surface area contributed by atoms with Crippen molar-refractivity contribution < 1.29 is 32.0 Å². The second-order valence-electron chi connectivity index (χ2n) is 11.7. The Balaban J connectivity index is 2.39. The molecule has 0 heterocycles. The minimum Gasteiger partial charge on any atom is -0.462 e. The number of esters is 2. The molecular weight excluding hydrogens is 576 g/mol. The van der Waals surface area contributed by atoms with Crippen molar-refractivity contribution in [1.82, 2.24) is 0 Å². The zero-order valence-corrected chi connectivity index (χ0v) is 27.9. The number of allylic oxidation sites excluding steroid dienone is 2. The maximum atomic E-state index is 12.9. The fraction of sp³-hybridized carbons (Fsp3) is 0.667. The molecule has 1 aromatic rings. The summed E-state index contributed by atoms with van der Waals surface area (Å²) in [5.41, 5.74) is -0.694. The SMILES string of the molecule is C=CCCCCCCCCCCCCOC(=O)c1cccc(S(=O)(=O)O)c1C(=O)OCCCCCCCCCCCCC=C. The highest BCUT2D eigenvalue weighted by molar-refractivity contribution is 7.86. The molecule has 1 aromatic carbocycles. The van der Waals surface area contributed by atoms with Gasteiger partial charge in [0.25, 0.3) is 10.1 Å². The van der Waals surface area contributed by atoms with Gasteiger partial charge in [0, 0.05) is 0 Å². The van der Waals surface area contributed by atoms with Gasteiger partial charge in [0.1, 0.15) is 4.90 Å². The van der Waals surface area contributed by atoms with Gasteiger partial charge in [0.2, 0.25) is 0 Å². The van der Waals surface area contributed by atoms with Crippen molar-refractivity contribution in [3.63, 3.8) is 0 Å². The fourth-order valence-corrected chi connectivity index (χ4v) is 5.92. The maximum absolute atomic E-state index is 12.9. The summed E-state index contributed by atoms with van der Waals surface area (Å²) in [4.78, 5) is 25.1. The molecule has 0 unspecified atom stereocenters. The van der Waals surface area contributed by atoms with E-state index in [9.17, 15) is 22.6 Å². The van der Waals surface area contributed by atoms with Gasteiger partial charge >= 0.3 is 11.9 Å². The van der Waals surface area contributed by atoms with Crippen molar-refractivity contribution in [2.45, 2.75) is 146 Å². The Morgan fingerprint density at radius 3 is 1.34 bits per heavy atom. The number of rotatable bonds is 29. The van der Waals surface area contributed by atoms with Gasteiger partial charge in [-0.25, -0.2) is 9.59 Å². The van der Waals surface area contributed by atoms with Crippen LogP contribution in [0, 0.1) is 0 Å².